The Labute approximate surface area is 180 Å². The second-order valence-corrected chi connectivity index (χ2v) is 6.75. The van der Waals surface area contributed by atoms with Gasteiger partial charge < -0.3 is 4.74 Å². The van der Waals surface area contributed by atoms with Crippen LogP contribution < -0.4 is 4.74 Å². The average molecular weight is 435 g/mol. The summed E-state index contributed by atoms with van der Waals surface area (Å²) >= 11 is 0. The van der Waals surface area contributed by atoms with Gasteiger partial charge in [0.05, 0.1) is 23.0 Å². The first-order valence-corrected chi connectivity index (χ1v) is 9.36. The molecule has 0 unspecified atom stereocenters. The number of ether oxygens (including phenoxy) is 1. The van der Waals surface area contributed by atoms with Crippen LogP contribution in [0.15, 0.2) is 79.0 Å². The van der Waals surface area contributed by atoms with E-state index in [1.54, 1.807) is 54.6 Å². The third kappa shape index (κ3) is 4.76. The third-order valence-electron chi connectivity index (χ3n) is 4.55. The Bertz CT molecular complexity index is 1350. The van der Waals surface area contributed by atoms with E-state index in [4.69, 9.17) is 4.74 Å². The topological polar surface area (TPSA) is 39.2 Å². The summed E-state index contributed by atoms with van der Waals surface area (Å²) in [6, 6.07) is 19.2. The molecule has 0 amide bonds. The number of fused-ring (bicyclic) bond motifs is 1. The van der Waals surface area contributed by atoms with Crippen LogP contribution in [0.2, 0.25) is 0 Å². The van der Waals surface area contributed by atoms with Gasteiger partial charge >= 0.3 is 12.1 Å². The van der Waals surface area contributed by atoms with Gasteiger partial charge in [-0.1, -0.05) is 42.3 Å². The van der Waals surface area contributed by atoms with Gasteiger partial charge in [0.25, 0.3) is 0 Å². The molecule has 3 nitrogen and oxygen atoms in total. The van der Waals surface area contributed by atoms with Crippen LogP contribution in [0.25, 0.3) is 22.0 Å². The Morgan fingerprint density at radius 1 is 0.938 bits per heavy atom. The molecule has 7 heteroatoms. The number of benzene rings is 3. The van der Waals surface area contributed by atoms with Crippen LogP contribution in [0.5, 0.6) is 5.75 Å². The maximum absolute atomic E-state index is 14.6. The second-order valence-electron chi connectivity index (χ2n) is 6.75. The zero-order chi connectivity index (χ0) is 22.7. The molecule has 0 aliphatic carbocycles. The molecule has 0 aliphatic heterocycles. The number of carbonyl (C=O) groups is 1. The van der Waals surface area contributed by atoms with Gasteiger partial charge in [-0.15, -0.1) is 0 Å². The van der Waals surface area contributed by atoms with E-state index < -0.39 is 18.0 Å². The monoisotopic (exact) mass is 435 g/mol. The van der Waals surface area contributed by atoms with Gasteiger partial charge in [-0.2, -0.15) is 13.2 Å². The smallest absolute Gasteiger partial charge is 0.421 e. The van der Waals surface area contributed by atoms with Crippen molar-refractivity contribution in [1.82, 2.24) is 4.98 Å². The molecular weight excluding hydrogens is 422 g/mol. The summed E-state index contributed by atoms with van der Waals surface area (Å²) in [7, 11) is 0. The van der Waals surface area contributed by atoms with Crippen molar-refractivity contribution in [1.29, 1.82) is 0 Å². The number of rotatable bonds is 3. The van der Waals surface area contributed by atoms with Crippen molar-refractivity contribution < 1.29 is 27.1 Å². The minimum atomic E-state index is -4.70. The zero-order valence-electron chi connectivity index (χ0n) is 16.3. The molecular formula is C25H13F4NO2. The number of pyridine rings is 1. The first-order valence-electron chi connectivity index (χ1n) is 9.36. The lowest BCUT2D eigenvalue weighted by molar-refractivity contribution is -0.0696. The van der Waals surface area contributed by atoms with Crippen molar-refractivity contribution in [3.63, 3.8) is 0 Å². The minimum absolute atomic E-state index is 0.149. The number of hydrogen-bond acceptors (Lipinski definition) is 3. The number of nitrogens with zero attached hydrogens (tertiary/aromatic N) is 1. The van der Waals surface area contributed by atoms with Crippen molar-refractivity contribution in [2.45, 2.75) is 6.18 Å². The molecule has 32 heavy (non-hydrogen) atoms. The number of hydrogen-bond donors (Lipinski definition) is 0. The van der Waals surface area contributed by atoms with E-state index in [0.717, 1.165) is 5.92 Å². The van der Waals surface area contributed by atoms with Crippen LogP contribution in [0, 0.1) is 17.7 Å². The van der Waals surface area contributed by atoms with E-state index >= 15 is 0 Å². The molecule has 0 atom stereocenters. The lowest BCUT2D eigenvalue weighted by atomic mass is 10.0. The van der Waals surface area contributed by atoms with E-state index in [2.05, 4.69) is 4.98 Å². The molecule has 158 valence electrons. The summed E-state index contributed by atoms with van der Waals surface area (Å²) in [5, 5.41) is 0.634. The van der Waals surface area contributed by atoms with Crippen LogP contribution in [0.3, 0.4) is 0 Å². The fourth-order valence-electron chi connectivity index (χ4n) is 3.04. The Morgan fingerprint density at radius 3 is 2.41 bits per heavy atom. The van der Waals surface area contributed by atoms with Gasteiger partial charge in [0.2, 0.25) is 0 Å². The lowest BCUT2D eigenvalue weighted by Gasteiger charge is -2.07. The lowest BCUT2D eigenvalue weighted by Crippen LogP contribution is -2.08. The van der Waals surface area contributed by atoms with Crippen LogP contribution in [-0.2, 0) is 0 Å². The first kappa shape index (κ1) is 21.1. The molecule has 4 rings (SSSR count). The van der Waals surface area contributed by atoms with Crippen LogP contribution in [0.1, 0.15) is 15.9 Å². The average Bonchev–Trinajstić information content (AvgIpc) is 2.79. The Balaban J connectivity index is 1.57. The third-order valence-corrected chi connectivity index (χ3v) is 4.55. The molecule has 0 bridgehead atoms. The minimum Gasteiger partial charge on any atom is -0.421 e. The van der Waals surface area contributed by atoms with E-state index in [1.165, 1.54) is 24.4 Å². The molecule has 0 aliphatic rings. The molecule has 1 heterocycles. The van der Waals surface area contributed by atoms with Crippen molar-refractivity contribution >= 4 is 16.7 Å². The second kappa shape index (κ2) is 8.52. The summed E-state index contributed by atoms with van der Waals surface area (Å²) < 4.78 is 56.7. The summed E-state index contributed by atoms with van der Waals surface area (Å²) in [6.45, 7) is 0. The highest BCUT2D eigenvalue weighted by Gasteiger charge is 2.23. The maximum Gasteiger partial charge on any atom is 0.458 e. The van der Waals surface area contributed by atoms with Crippen molar-refractivity contribution in [2.24, 2.45) is 0 Å². The van der Waals surface area contributed by atoms with Crippen LogP contribution in [0.4, 0.5) is 17.6 Å². The number of halogens is 4. The van der Waals surface area contributed by atoms with Crippen molar-refractivity contribution in [2.75, 3.05) is 0 Å². The zero-order valence-corrected chi connectivity index (χ0v) is 16.3. The van der Waals surface area contributed by atoms with Gasteiger partial charge in [0.1, 0.15) is 11.6 Å². The molecule has 0 saturated carbocycles. The van der Waals surface area contributed by atoms with Crippen LogP contribution >= 0.6 is 0 Å². The standard InChI is InChI=1S/C25H13F4NO2/c26-23-16(12-13-25(27,28)29)6-7-18-14-19(8-10-21(18)23)22-11-9-20(15-30-22)32-24(31)17-4-2-1-3-5-17/h1-11,14-15H. The molecule has 3 aromatic carbocycles. The van der Waals surface area contributed by atoms with Gasteiger partial charge in [0, 0.05) is 16.9 Å². The van der Waals surface area contributed by atoms with E-state index in [-0.39, 0.29) is 16.7 Å². The molecule has 1 aromatic heterocycles. The molecule has 0 radical (unpaired) electrons. The molecule has 0 saturated heterocycles. The molecule has 4 aromatic rings. The number of alkyl halides is 3. The highest BCUT2D eigenvalue weighted by molar-refractivity contribution is 5.91. The summed E-state index contributed by atoms with van der Waals surface area (Å²) in [5.74, 6) is 1.84. The van der Waals surface area contributed by atoms with Crippen molar-refractivity contribution in [3.05, 3.63) is 95.9 Å². The largest absolute Gasteiger partial charge is 0.458 e. The predicted octanol–water partition coefficient (Wildman–Crippen LogP) is 6.17. The Morgan fingerprint density at radius 2 is 1.72 bits per heavy atom. The van der Waals surface area contributed by atoms with Crippen LogP contribution in [-0.4, -0.2) is 17.1 Å². The van der Waals surface area contributed by atoms with Gasteiger partial charge in [0.15, 0.2) is 0 Å². The SMILES string of the molecule is O=C(Oc1ccc(-c2ccc3c(F)c(C#CC(F)(F)F)ccc3c2)nc1)c1ccccc1. The number of esters is 1. The number of aromatic nitrogens is 1. The van der Waals surface area contributed by atoms with Crippen molar-refractivity contribution in [3.8, 4) is 28.8 Å². The fraction of sp³-hybridized carbons (Fsp3) is 0.0400. The molecule has 0 spiro atoms. The van der Waals surface area contributed by atoms with E-state index in [1.807, 2.05) is 5.92 Å². The van der Waals surface area contributed by atoms with Gasteiger partial charge in [-0.25, -0.2) is 9.18 Å². The van der Waals surface area contributed by atoms with E-state index in [0.29, 0.717) is 22.2 Å². The highest BCUT2D eigenvalue weighted by atomic mass is 19.4. The predicted molar refractivity (Wildman–Crippen MR) is 111 cm³/mol. The highest BCUT2D eigenvalue weighted by Crippen LogP contribution is 2.27. The summed E-state index contributed by atoms with van der Waals surface area (Å²) in [5.41, 5.74) is 1.29. The van der Waals surface area contributed by atoms with E-state index in [9.17, 15) is 22.4 Å². The summed E-state index contributed by atoms with van der Waals surface area (Å²) in [4.78, 5) is 16.4. The maximum atomic E-state index is 14.6. The van der Waals surface area contributed by atoms with Gasteiger partial charge in [-0.3, -0.25) is 4.98 Å². The summed E-state index contributed by atoms with van der Waals surface area (Å²) in [6.07, 6.45) is -3.30. The molecule has 0 N–H and O–H groups in total. The number of carbonyl (C=O) groups excluding carboxylic acids is 1. The fourth-order valence-corrected chi connectivity index (χ4v) is 3.04. The normalized spacial score (nSPS) is 11.0. The molecule has 0 fully saturated rings. The van der Waals surface area contributed by atoms with Gasteiger partial charge in [-0.05, 0) is 41.8 Å². The first-order chi connectivity index (χ1) is 15.3. The Hall–Kier alpha value is -4.18. The quantitative estimate of drug-likeness (QED) is 0.219. The Kier molecular flexibility index (Phi) is 5.61.